The minimum absolute atomic E-state index is 0.312. The van der Waals surface area contributed by atoms with E-state index in [1.165, 1.54) is 0 Å². The Labute approximate surface area is 91.8 Å². The molecule has 1 atom stereocenters. The molecule has 84 valence electrons. The van der Waals surface area contributed by atoms with E-state index in [2.05, 4.69) is 17.9 Å². The Kier molecular flexibility index (Phi) is 4.43. The summed E-state index contributed by atoms with van der Waals surface area (Å²) < 4.78 is 5.57. The van der Waals surface area contributed by atoms with Gasteiger partial charge in [0, 0.05) is 19.6 Å². The normalized spacial score (nSPS) is 12.3. The summed E-state index contributed by atoms with van der Waals surface area (Å²) in [4.78, 5) is 2.14. The fourth-order valence-electron chi connectivity index (χ4n) is 1.42. The molecule has 0 radical (unpaired) electrons. The first-order valence-electron chi connectivity index (χ1n) is 5.35. The molecular formula is C12H20N2O. The second kappa shape index (κ2) is 5.61. The maximum atomic E-state index is 5.65. The molecule has 1 aromatic rings. The van der Waals surface area contributed by atoms with Gasteiger partial charge in [-0.1, -0.05) is 12.1 Å². The average molecular weight is 208 g/mol. The molecule has 0 saturated heterocycles. The number of nitrogens with two attached hydrogens (primary N) is 1. The highest BCUT2D eigenvalue weighted by Gasteiger charge is 2.12. The van der Waals surface area contributed by atoms with Crippen LogP contribution in [-0.2, 0) is 0 Å². The zero-order valence-electron chi connectivity index (χ0n) is 9.73. The van der Waals surface area contributed by atoms with Crippen LogP contribution in [0.5, 0.6) is 5.75 Å². The topological polar surface area (TPSA) is 38.5 Å². The van der Waals surface area contributed by atoms with Gasteiger partial charge >= 0.3 is 0 Å². The largest absolute Gasteiger partial charge is 0.492 e. The number of rotatable bonds is 5. The minimum Gasteiger partial charge on any atom is -0.492 e. The Bertz CT molecular complexity index is 301. The molecule has 0 aliphatic carbocycles. The van der Waals surface area contributed by atoms with Crippen molar-refractivity contribution < 1.29 is 4.74 Å². The summed E-state index contributed by atoms with van der Waals surface area (Å²) in [5.41, 5.74) is 6.75. The molecule has 1 rings (SSSR count). The zero-order valence-corrected chi connectivity index (χ0v) is 9.73. The van der Waals surface area contributed by atoms with Crippen LogP contribution in [0, 0.1) is 0 Å². The fourth-order valence-corrected chi connectivity index (χ4v) is 1.42. The summed E-state index contributed by atoms with van der Waals surface area (Å²) in [6.45, 7) is 5.41. The lowest BCUT2D eigenvalue weighted by molar-refractivity contribution is 0.340. The summed E-state index contributed by atoms with van der Waals surface area (Å²) in [6, 6.07) is 8.34. The van der Waals surface area contributed by atoms with E-state index in [9.17, 15) is 0 Å². The van der Waals surface area contributed by atoms with Crippen molar-refractivity contribution in [1.29, 1.82) is 0 Å². The number of anilines is 1. The molecule has 0 aliphatic rings. The number of benzene rings is 1. The minimum atomic E-state index is 0.312. The van der Waals surface area contributed by atoms with Crippen LogP contribution in [0.25, 0.3) is 0 Å². The molecule has 3 heteroatoms. The third-order valence-corrected chi connectivity index (χ3v) is 2.55. The average Bonchev–Trinajstić information content (AvgIpc) is 2.28. The molecular weight excluding hydrogens is 188 g/mol. The van der Waals surface area contributed by atoms with Gasteiger partial charge in [-0.3, -0.25) is 0 Å². The van der Waals surface area contributed by atoms with Crippen LogP contribution in [0.3, 0.4) is 0 Å². The van der Waals surface area contributed by atoms with Crippen molar-refractivity contribution >= 4 is 5.69 Å². The molecule has 0 amide bonds. The Morgan fingerprint density at radius 3 is 2.67 bits per heavy atom. The number of likely N-dealkylation sites (N-methyl/N-ethyl adjacent to an activating group) is 1. The maximum absolute atomic E-state index is 5.65. The predicted octanol–water partition coefficient (Wildman–Crippen LogP) is 1.87. The molecule has 3 nitrogen and oxygen atoms in total. The molecule has 0 spiro atoms. The van der Waals surface area contributed by atoms with Crippen molar-refractivity contribution in [1.82, 2.24) is 0 Å². The van der Waals surface area contributed by atoms with Crippen molar-refractivity contribution in [3.05, 3.63) is 24.3 Å². The van der Waals surface area contributed by atoms with Crippen molar-refractivity contribution in [2.24, 2.45) is 5.73 Å². The van der Waals surface area contributed by atoms with Crippen LogP contribution >= 0.6 is 0 Å². The first kappa shape index (κ1) is 11.9. The van der Waals surface area contributed by atoms with Gasteiger partial charge in [0.25, 0.3) is 0 Å². The number of para-hydroxylation sites is 2. The van der Waals surface area contributed by atoms with Crippen LogP contribution in [0.4, 0.5) is 5.69 Å². The SMILES string of the molecule is CCOc1ccccc1N(C)C(C)CN. The van der Waals surface area contributed by atoms with E-state index in [-0.39, 0.29) is 0 Å². The Balaban J connectivity index is 2.91. The van der Waals surface area contributed by atoms with Gasteiger partial charge in [-0.25, -0.2) is 0 Å². The molecule has 0 bridgehead atoms. The van der Waals surface area contributed by atoms with Crippen LogP contribution in [0.2, 0.25) is 0 Å². The molecule has 0 aliphatic heterocycles. The molecule has 0 saturated carbocycles. The van der Waals surface area contributed by atoms with Gasteiger partial charge in [-0.2, -0.15) is 0 Å². The monoisotopic (exact) mass is 208 g/mol. The lowest BCUT2D eigenvalue weighted by Crippen LogP contribution is -2.35. The van der Waals surface area contributed by atoms with Crippen molar-refractivity contribution in [3.63, 3.8) is 0 Å². The van der Waals surface area contributed by atoms with Gasteiger partial charge in [0.2, 0.25) is 0 Å². The lowest BCUT2D eigenvalue weighted by Gasteiger charge is -2.27. The third kappa shape index (κ3) is 2.86. The van der Waals surface area contributed by atoms with E-state index >= 15 is 0 Å². The van der Waals surface area contributed by atoms with Crippen LogP contribution in [0.1, 0.15) is 13.8 Å². The van der Waals surface area contributed by atoms with E-state index in [4.69, 9.17) is 10.5 Å². The number of nitrogens with zero attached hydrogens (tertiary/aromatic N) is 1. The van der Waals surface area contributed by atoms with Crippen molar-refractivity contribution in [2.75, 3.05) is 25.1 Å². The summed E-state index contributed by atoms with van der Waals surface area (Å²) in [6.07, 6.45) is 0. The fraction of sp³-hybridized carbons (Fsp3) is 0.500. The molecule has 1 unspecified atom stereocenters. The second-order valence-electron chi connectivity index (χ2n) is 3.60. The summed E-state index contributed by atoms with van der Waals surface area (Å²) in [7, 11) is 2.04. The van der Waals surface area contributed by atoms with E-state index < -0.39 is 0 Å². The highest BCUT2D eigenvalue weighted by Crippen LogP contribution is 2.27. The van der Waals surface area contributed by atoms with E-state index in [1.807, 2.05) is 32.2 Å². The molecule has 1 aromatic carbocycles. The molecule has 0 fully saturated rings. The van der Waals surface area contributed by atoms with E-state index in [0.717, 1.165) is 11.4 Å². The van der Waals surface area contributed by atoms with Gasteiger partial charge in [0.1, 0.15) is 5.75 Å². The Hall–Kier alpha value is -1.22. The third-order valence-electron chi connectivity index (χ3n) is 2.55. The summed E-state index contributed by atoms with van der Waals surface area (Å²) >= 11 is 0. The van der Waals surface area contributed by atoms with Gasteiger partial charge in [0.05, 0.1) is 12.3 Å². The van der Waals surface area contributed by atoms with Gasteiger partial charge in [-0.05, 0) is 26.0 Å². The molecule has 15 heavy (non-hydrogen) atoms. The number of ether oxygens (including phenoxy) is 1. The molecule has 0 heterocycles. The Morgan fingerprint density at radius 2 is 2.07 bits per heavy atom. The van der Waals surface area contributed by atoms with Crippen LogP contribution < -0.4 is 15.4 Å². The quantitative estimate of drug-likeness (QED) is 0.802. The number of hydrogen-bond donors (Lipinski definition) is 1. The van der Waals surface area contributed by atoms with Gasteiger partial charge in [0.15, 0.2) is 0 Å². The Morgan fingerprint density at radius 1 is 1.40 bits per heavy atom. The smallest absolute Gasteiger partial charge is 0.142 e. The summed E-state index contributed by atoms with van der Waals surface area (Å²) in [5, 5.41) is 0. The highest BCUT2D eigenvalue weighted by molar-refractivity contribution is 5.58. The highest BCUT2D eigenvalue weighted by atomic mass is 16.5. The van der Waals surface area contributed by atoms with Crippen molar-refractivity contribution in [2.45, 2.75) is 19.9 Å². The van der Waals surface area contributed by atoms with Gasteiger partial charge < -0.3 is 15.4 Å². The molecule has 2 N–H and O–H groups in total. The van der Waals surface area contributed by atoms with E-state index in [1.54, 1.807) is 0 Å². The first-order valence-corrected chi connectivity index (χ1v) is 5.35. The van der Waals surface area contributed by atoms with Crippen LogP contribution in [-0.4, -0.2) is 26.2 Å². The lowest BCUT2D eigenvalue weighted by atomic mass is 10.2. The van der Waals surface area contributed by atoms with E-state index in [0.29, 0.717) is 19.2 Å². The van der Waals surface area contributed by atoms with Gasteiger partial charge in [-0.15, -0.1) is 0 Å². The zero-order chi connectivity index (χ0) is 11.3. The first-order chi connectivity index (χ1) is 7.20. The molecule has 0 aromatic heterocycles. The van der Waals surface area contributed by atoms with Crippen molar-refractivity contribution in [3.8, 4) is 5.75 Å². The second-order valence-corrected chi connectivity index (χ2v) is 3.60. The standard InChI is InChI=1S/C12H20N2O/c1-4-15-12-8-6-5-7-11(12)14(3)10(2)9-13/h5-8,10H,4,9,13H2,1-3H3. The maximum Gasteiger partial charge on any atom is 0.142 e. The predicted molar refractivity (Wildman–Crippen MR) is 64.5 cm³/mol. The number of hydrogen-bond acceptors (Lipinski definition) is 3. The summed E-state index contributed by atoms with van der Waals surface area (Å²) in [5.74, 6) is 0.919. The van der Waals surface area contributed by atoms with Crippen LogP contribution in [0.15, 0.2) is 24.3 Å².